The van der Waals surface area contributed by atoms with Crippen molar-refractivity contribution in [3.05, 3.63) is 65.4 Å². The molecule has 1 saturated carbocycles. The minimum atomic E-state index is -0.880. The van der Waals surface area contributed by atoms with Gasteiger partial charge in [0.25, 0.3) is 5.91 Å². The number of carboxylic acid groups (broad SMARTS) is 1. The van der Waals surface area contributed by atoms with Crippen LogP contribution in [0.1, 0.15) is 34.0 Å². The lowest BCUT2D eigenvalue weighted by atomic mass is 9.98. The van der Waals surface area contributed by atoms with Crippen LogP contribution < -0.4 is 10.6 Å². The molecule has 1 aromatic heterocycles. The molecule has 0 spiro atoms. The Kier molecular flexibility index (Phi) is 5.25. The van der Waals surface area contributed by atoms with E-state index in [1.54, 1.807) is 0 Å². The Morgan fingerprint density at radius 1 is 1.03 bits per heavy atom. The van der Waals surface area contributed by atoms with E-state index in [1.807, 2.05) is 48.5 Å². The summed E-state index contributed by atoms with van der Waals surface area (Å²) in [5, 5.41) is 21.0. The van der Waals surface area contributed by atoms with E-state index in [-0.39, 0.29) is 36.5 Å². The molecule has 2 aromatic carbocycles. The second-order valence-electron chi connectivity index (χ2n) is 8.06. The van der Waals surface area contributed by atoms with Crippen LogP contribution >= 0.6 is 0 Å². The molecule has 10 nitrogen and oxygen atoms in total. The lowest BCUT2D eigenvalue weighted by Gasteiger charge is -2.14. The van der Waals surface area contributed by atoms with Crippen molar-refractivity contribution in [2.75, 3.05) is 18.5 Å². The van der Waals surface area contributed by atoms with Crippen molar-refractivity contribution in [3.63, 3.8) is 0 Å². The summed E-state index contributed by atoms with van der Waals surface area (Å²) in [7, 11) is 0. The number of anilines is 1. The molecule has 0 bridgehead atoms. The van der Waals surface area contributed by atoms with Gasteiger partial charge in [0.05, 0.1) is 5.92 Å². The molecule has 0 unspecified atom stereocenters. The van der Waals surface area contributed by atoms with Gasteiger partial charge in [0.15, 0.2) is 0 Å². The van der Waals surface area contributed by atoms with Gasteiger partial charge in [-0.2, -0.15) is 0 Å². The van der Waals surface area contributed by atoms with Gasteiger partial charge < -0.3 is 15.2 Å². The molecule has 0 aliphatic heterocycles. The fraction of sp³-hybridized carbons (Fsp3) is 0.261. The Hall–Kier alpha value is -4.21. The molecule has 2 aliphatic rings. The second-order valence-corrected chi connectivity index (χ2v) is 8.06. The lowest BCUT2D eigenvalue weighted by molar-refractivity contribution is -0.138. The Bertz CT molecular complexity index is 1190. The first kappa shape index (κ1) is 20.7. The molecule has 33 heavy (non-hydrogen) atoms. The number of carbonyl (C=O) groups excluding carboxylic acids is 2. The minimum absolute atomic E-state index is 0.102. The van der Waals surface area contributed by atoms with Crippen LogP contribution in [-0.2, 0) is 9.53 Å². The first-order valence-corrected chi connectivity index (χ1v) is 10.5. The summed E-state index contributed by atoms with van der Waals surface area (Å²) in [4.78, 5) is 35.7. The number of aromatic nitrogens is 2. The van der Waals surface area contributed by atoms with Crippen LogP contribution in [0.3, 0.4) is 0 Å². The predicted octanol–water partition coefficient (Wildman–Crippen LogP) is 2.88. The fourth-order valence-electron chi connectivity index (χ4n) is 4.23. The molecule has 10 heteroatoms. The van der Waals surface area contributed by atoms with Crippen molar-refractivity contribution >= 4 is 23.8 Å². The number of nitrogens with one attached hydrogen (secondary N) is 2. The van der Waals surface area contributed by atoms with Crippen molar-refractivity contribution < 1.29 is 28.9 Å². The number of hydrogen-bond acceptors (Lipinski definition) is 7. The Morgan fingerprint density at radius 2 is 1.70 bits per heavy atom. The predicted molar refractivity (Wildman–Crippen MR) is 115 cm³/mol. The number of aliphatic carboxylic acids is 1. The number of amides is 2. The smallest absolute Gasteiger partial charge is 0.412 e. The number of hydrogen-bond donors (Lipinski definition) is 3. The number of fused-ring (bicyclic) bond motifs is 3. The molecule has 2 atom stereocenters. The van der Waals surface area contributed by atoms with Gasteiger partial charge in [-0.05, 0) is 44.9 Å². The number of benzene rings is 2. The molecule has 3 aromatic rings. The third kappa shape index (κ3) is 4.02. The second kappa shape index (κ2) is 8.38. The van der Waals surface area contributed by atoms with Crippen LogP contribution in [-0.4, -0.2) is 46.5 Å². The largest absolute Gasteiger partial charge is 0.481 e. The summed E-state index contributed by atoms with van der Waals surface area (Å²) >= 11 is 0. The normalized spacial score (nSPS) is 18.2. The van der Waals surface area contributed by atoms with Crippen LogP contribution in [0.5, 0.6) is 0 Å². The third-order valence-electron chi connectivity index (χ3n) is 6.03. The van der Waals surface area contributed by atoms with E-state index in [2.05, 4.69) is 25.6 Å². The van der Waals surface area contributed by atoms with Crippen LogP contribution in [0.15, 0.2) is 53.2 Å². The topological polar surface area (TPSA) is 144 Å². The summed E-state index contributed by atoms with van der Waals surface area (Å²) in [6.45, 7) is 0.290. The molecule has 1 heterocycles. The SMILES string of the molecule is O=C(Nc1nonc1C(=O)NC[C@H]1C[C@H]1C(=O)O)OCC1c2ccccc2-c2ccccc21. The Labute approximate surface area is 187 Å². The minimum Gasteiger partial charge on any atom is -0.481 e. The average Bonchev–Trinajstić information content (AvgIpc) is 3.35. The molecule has 1 fully saturated rings. The molecule has 3 N–H and O–H groups in total. The standard InChI is InChI=1S/C23H20N4O6/c28-21(24-10-12-9-17(12)22(29)30)19-20(27-33-26-19)25-23(31)32-11-18-15-7-3-1-5-13(15)14-6-2-4-8-16(14)18/h1-8,12,17-18H,9-11H2,(H,24,28)(H,29,30)(H,25,27,31)/t12-,17-/m1/s1. The van der Waals surface area contributed by atoms with E-state index in [9.17, 15) is 14.4 Å². The summed E-state index contributed by atoms with van der Waals surface area (Å²) in [5.74, 6) is -2.35. The zero-order valence-corrected chi connectivity index (χ0v) is 17.4. The van der Waals surface area contributed by atoms with Gasteiger partial charge in [0, 0.05) is 12.5 Å². The summed E-state index contributed by atoms with van der Waals surface area (Å²) in [6, 6.07) is 16.0. The van der Waals surface area contributed by atoms with E-state index < -0.39 is 23.9 Å². The maximum atomic E-state index is 12.4. The van der Waals surface area contributed by atoms with Gasteiger partial charge in [-0.1, -0.05) is 48.5 Å². The van der Waals surface area contributed by atoms with E-state index in [1.165, 1.54) is 0 Å². The average molecular weight is 448 g/mol. The van der Waals surface area contributed by atoms with Crippen molar-refractivity contribution in [3.8, 4) is 11.1 Å². The number of carboxylic acids is 1. The highest BCUT2D eigenvalue weighted by molar-refractivity contribution is 5.99. The van der Waals surface area contributed by atoms with Crippen LogP contribution in [0.2, 0.25) is 0 Å². The van der Waals surface area contributed by atoms with Gasteiger partial charge in [-0.3, -0.25) is 14.9 Å². The molecule has 0 saturated heterocycles. The molecule has 168 valence electrons. The molecule has 2 amide bonds. The Balaban J connectivity index is 1.20. The zero-order valence-electron chi connectivity index (χ0n) is 17.4. The van der Waals surface area contributed by atoms with E-state index in [0.29, 0.717) is 6.42 Å². The monoisotopic (exact) mass is 448 g/mol. The number of rotatable bonds is 7. The Morgan fingerprint density at radius 3 is 2.33 bits per heavy atom. The quantitative estimate of drug-likeness (QED) is 0.501. The highest BCUT2D eigenvalue weighted by Crippen LogP contribution is 2.44. The van der Waals surface area contributed by atoms with Gasteiger partial charge in [0.2, 0.25) is 11.5 Å². The number of nitrogens with zero attached hydrogens (tertiary/aromatic N) is 2. The molecule has 0 radical (unpaired) electrons. The molecule has 5 rings (SSSR count). The van der Waals surface area contributed by atoms with Crippen LogP contribution in [0, 0.1) is 11.8 Å². The van der Waals surface area contributed by atoms with Crippen molar-refractivity contribution in [2.45, 2.75) is 12.3 Å². The number of ether oxygens (including phenoxy) is 1. The maximum absolute atomic E-state index is 12.4. The first-order chi connectivity index (χ1) is 16.0. The first-order valence-electron chi connectivity index (χ1n) is 10.5. The summed E-state index contributed by atoms with van der Waals surface area (Å²) < 4.78 is 10.0. The maximum Gasteiger partial charge on any atom is 0.412 e. The fourth-order valence-corrected chi connectivity index (χ4v) is 4.23. The van der Waals surface area contributed by atoms with Gasteiger partial charge in [0.1, 0.15) is 6.61 Å². The molecular weight excluding hydrogens is 428 g/mol. The van der Waals surface area contributed by atoms with Crippen LogP contribution in [0.4, 0.5) is 10.6 Å². The van der Waals surface area contributed by atoms with E-state index in [0.717, 1.165) is 22.3 Å². The highest BCUT2D eigenvalue weighted by atomic mass is 16.6. The van der Waals surface area contributed by atoms with Crippen molar-refractivity contribution in [2.24, 2.45) is 11.8 Å². The number of carbonyl (C=O) groups is 3. The van der Waals surface area contributed by atoms with Gasteiger partial charge in [-0.15, -0.1) is 0 Å². The van der Waals surface area contributed by atoms with Crippen molar-refractivity contribution in [1.29, 1.82) is 0 Å². The summed E-state index contributed by atoms with van der Waals surface area (Å²) in [6.07, 6.45) is -0.285. The zero-order chi connectivity index (χ0) is 22.9. The highest BCUT2D eigenvalue weighted by Gasteiger charge is 2.43. The van der Waals surface area contributed by atoms with E-state index in [4.69, 9.17) is 9.84 Å². The molecule has 2 aliphatic carbocycles. The van der Waals surface area contributed by atoms with Gasteiger partial charge >= 0.3 is 12.1 Å². The van der Waals surface area contributed by atoms with Crippen LogP contribution in [0.25, 0.3) is 11.1 Å². The summed E-state index contributed by atoms with van der Waals surface area (Å²) in [5.41, 5.74) is 4.17. The van der Waals surface area contributed by atoms with Crippen molar-refractivity contribution in [1.82, 2.24) is 15.6 Å². The lowest BCUT2D eigenvalue weighted by Crippen LogP contribution is -2.28. The van der Waals surface area contributed by atoms with Gasteiger partial charge in [-0.25, -0.2) is 9.42 Å². The third-order valence-corrected chi connectivity index (χ3v) is 6.03. The molecular formula is C23H20N4O6. The van der Waals surface area contributed by atoms with E-state index >= 15 is 0 Å².